The molecule has 0 fully saturated rings. The summed E-state index contributed by atoms with van der Waals surface area (Å²) in [5, 5.41) is 16.0. The van der Waals surface area contributed by atoms with Crippen LogP contribution in [0.1, 0.15) is 5.82 Å². The molecule has 0 radical (unpaired) electrons. The molecule has 0 aliphatic carbocycles. The second kappa shape index (κ2) is 6.90. The summed E-state index contributed by atoms with van der Waals surface area (Å²) in [7, 11) is 1.63. The molecule has 8 heteroatoms. The van der Waals surface area contributed by atoms with Crippen molar-refractivity contribution < 1.29 is 9.47 Å². The van der Waals surface area contributed by atoms with Crippen LogP contribution in [-0.2, 0) is 6.61 Å². The van der Waals surface area contributed by atoms with E-state index in [1.54, 1.807) is 29.2 Å². The molecule has 0 saturated heterocycles. The van der Waals surface area contributed by atoms with E-state index in [0.29, 0.717) is 11.5 Å². The van der Waals surface area contributed by atoms with Crippen molar-refractivity contribution >= 4 is 27.9 Å². The third-order valence-electron chi connectivity index (χ3n) is 4.37. The second-order valence-electron chi connectivity index (χ2n) is 6.06. The van der Waals surface area contributed by atoms with Gasteiger partial charge >= 0.3 is 0 Å². The number of hydrogen-bond donors (Lipinski definition) is 0. The number of nitrogens with zero attached hydrogens (tertiary/aromatic N) is 5. The zero-order valence-corrected chi connectivity index (χ0v) is 15.8. The Morgan fingerprint density at radius 3 is 2.89 bits per heavy atom. The number of rotatable bonds is 5. The smallest absolute Gasteiger partial charge is 0.192 e. The molecule has 0 saturated carbocycles. The van der Waals surface area contributed by atoms with Crippen LogP contribution in [0.5, 0.6) is 11.5 Å². The maximum atomic E-state index is 6.03. The van der Waals surface area contributed by atoms with E-state index in [0.717, 1.165) is 33.0 Å². The summed E-state index contributed by atoms with van der Waals surface area (Å²) in [4.78, 5) is 5.48. The normalized spacial score (nSPS) is 11.2. The number of hydrogen-bond acceptors (Lipinski definition) is 7. The molecular weight excluding hydrogens is 374 g/mol. The van der Waals surface area contributed by atoms with Crippen molar-refractivity contribution in [1.29, 1.82) is 0 Å². The van der Waals surface area contributed by atoms with E-state index in [4.69, 9.17) is 9.47 Å². The van der Waals surface area contributed by atoms with Crippen LogP contribution in [0.15, 0.2) is 60.1 Å². The van der Waals surface area contributed by atoms with Gasteiger partial charge in [0.15, 0.2) is 11.5 Å². The molecular formula is C20H15N5O2S. The highest BCUT2D eigenvalue weighted by Gasteiger charge is 2.11. The average Bonchev–Trinajstić information content (AvgIpc) is 3.41. The molecule has 1 aromatic carbocycles. The number of methoxy groups -OCH3 is 1. The van der Waals surface area contributed by atoms with Crippen LogP contribution in [0.4, 0.5) is 0 Å². The molecule has 0 N–H and O–H groups in total. The summed E-state index contributed by atoms with van der Waals surface area (Å²) < 4.78 is 13.0. The molecule has 138 valence electrons. The third-order valence-corrected chi connectivity index (χ3v) is 5.26. The minimum Gasteiger partial charge on any atom is -0.497 e. The largest absolute Gasteiger partial charge is 0.497 e. The quantitative estimate of drug-likeness (QED) is 0.452. The fourth-order valence-corrected chi connectivity index (χ4v) is 3.67. The SMILES string of the molecule is COc1ccc2c(OCc3nnc4ccc(-c5cccs5)nn34)ccnc2c1. The van der Waals surface area contributed by atoms with Crippen LogP contribution in [0.2, 0.25) is 0 Å². The lowest BCUT2D eigenvalue weighted by atomic mass is 10.2. The van der Waals surface area contributed by atoms with Crippen molar-refractivity contribution in [2.75, 3.05) is 7.11 Å². The molecule has 0 unspecified atom stereocenters. The summed E-state index contributed by atoms with van der Waals surface area (Å²) in [5.41, 5.74) is 2.37. The van der Waals surface area contributed by atoms with Crippen LogP contribution in [0.25, 0.3) is 27.1 Å². The van der Waals surface area contributed by atoms with Gasteiger partial charge in [-0.2, -0.15) is 9.61 Å². The number of aromatic nitrogens is 5. The zero-order valence-electron chi connectivity index (χ0n) is 14.9. The molecule has 0 bridgehead atoms. The Bertz CT molecular complexity index is 1270. The van der Waals surface area contributed by atoms with Crippen molar-refractivity contribution in [3.63, 3.8) is 0 Å². The van der Waals surface area contributed by atoms with Crippen molar-refractivity contribution in [3.05, 3.63) is 65.9 Å². The average molecular weight is 389 g/mol. The van der Waals surface area contributed by atoms with Gasteiger partial charge in [0, 0.05) is 17.6 Å². The highest BCUT2D eigenvalue weighted by atomic mass is 32.1. The summed E-state index contributed by atoms with van der Waals surface area (Å²) in [6.45, 7) is 0.243. The van der Waals surface area contributed by atoms with Crippen molar-refractivity contribution in [1.82, 2.24) is 24.8 Å². The van der Waals surface area contributed by atoms with Gasteiger partial charge in [-0.15, -0.1) is 21.5 Å². The fraction of sp³-hybridized carbons (Fsp3) is 0.100. The number of thiophene rings is 1. The molecule has 4 heterocycles. The monoisotopic (exact) mass is 389 g/mol. The van der Waals surface area contributed by atoms with Crippen LogP contribution >= 0.6 is 11.3 Å². The molecule has 7 nitrogen and oxygen atoms in total. The van der Waals surface area contributed by atoms with Gasteiger partial charge in [0.1, 0.15) is 23.8 Å². The van der Waals surface area contributed by atoms with E-state index in [-0.39, 0.29) is 6.61 Å². The standard InChI is InChI=1S/C20H15N5O2S/c1-26-13-4-5-14-16(11-13)21-9-8-17(14)27-12-20-23-22-19-7-6-15(24-25(19)20)18-3-2-10-28-18/h2-11H,12H2,1H3. The van der Waals surface area contributed by atoms with Crippen molar-refractivity contribution in [2.45, 2.75) is 6.61 Å². The highest BCUT2D eigenvalue weighted by molar-refractivity contribution is 7.13. The molecule has 5 rings (SSSR count). The maximum Gasteiger partial charge on any atom is 0.192 e. The summed E-state index contributed by atoms with van der Waals surface area (Å²) in [6.07, 6.45) is 1.71. The van der Waals surface area contributed by atoms with Gasteiger partial charge in [0.05, 0.1) is 17.5 Å². The first-order valence-electron chi connectivity index (χ1n) is 8.62. The van der Waals surface area contributed by atoms with Gasteiger partial charge in [0.2, 0.25) is 0 Å². The summed E-state index contributed by atoms with van der Waals surface area (Å²) in [6, 6.07) is 15.4. The van der Waals surface area contributed by atoms with Gasteiger partial charge in [-0.3, -0.25) is 4.98 Å². The first-order chi connectivity index (χ1) is 13.8. The zero-order chi connectivity index (χ0) is 18.9. The summed E-state index contributed by atoms with van der Waals surface area (Å²) in [5.74, 6) is 2.11. The number of ether oxygens (including phenoxy) is 2. The van der Waals surface area contributed by atoms with E-state index in [9.17, 15) is 0 Å². The Morgan fingerprint density at radius 2 is 2.04 bits per heavy atom. The van der Waals surface area contributed by atoms with Crippen LogP contribution in [0, 0.1) is 0 Å². The predicted molar refractivity (Wildman–Crippen MR) is 107 cm³/mol. The van der Waals surface area contributed by atoms with Gasteiger partial charge in [-0.25, -0.2) is 0 Å². The van der Waals surface area contributed by atoms with Crippen LogP contribution < -0.4 is 9.47 Å². The molecule has 4 aromatic heterocycles. The van der Waals surface area contributed by atoms with E-state index >= 15 is 0 Å². The summed E-state index contributed by atoms with van der Waals surface area (Å²) >= 11 is 1.64. The lowest BCUT2D eigenvalue weighted by molar-refractivity contribution is 0.296. The Labute approximate surface area is 164 Å². The lowest BCUT2D eigenvalue weighted by Gasteiger charge is -2.09. The van der Waals surface area contributed by atoms with Gasteiger partial charge in [-0.05, 0) is 41.8 Å². The van der Waals surface area contributed by atoms with Crippen molar-refractivity contribution in [2.24, 2.45) is 0 Å². The topological polar surface area (TPSA) is 74.4 Å². The van der Waals surface area contributed by atoms with E-state index < -0.39 is 0 Å². The minimum absolute atomic E-state index is 0.243. The molecule has 5 aromatic rings. The Balaban J connectivity index is 1.46. The molecule has 0 atom stereocenters. The van der Waals surface area contributed by atoms with Gasteiger partial charge in [-0.1, -0.05) is 6.07 Å². The van der Waals surface area contributed by atoms with Gasteiger partial charge < -0.3 is 9.47 Å². The molecule has 0 aliphatic heterocycles. The van der Waals surface area contributed by atoms with E-state index in [1.807, 2.05) is 53.9 Å². The maximum absolute atomic E-state index is 6.03. The second-order valence-corrected chi connectivity index (χ2v) is 7.01. The van der Waals surface area contributed by atoms with Crippen molar-refractivity contribution in [3.8, 4) is 22.1 Å². The molecule has 0 amide bonds. The molecule has 0 aliphatic rings. The van der Waals surface area contributed by atoms with E-state index in [2.05, 4.69) is 20.3 Å². The highest BCUT2D eigenvalue weighted by Crippen LogP contribution is 2.28. The third kappa shape index (κ3) is 2.93. The van der Waals surface area contributed by atoms with Crippen LogP contribution in [0.3, 0.4) is 0 Å². The first kappa shape index (κ1) is 16.6. The molecule has 0 spiro atoms. The van der Waals surface area contributed by atoms with E-state index in [1.165, 1.54) is 0 Å². The number of fused-ring (bicyclic) bond motifs is 2. The lowest BCUT2D eigenvalue weighted by Crippen LogP contribution is -2.04. The van der Waals surface area contributed by atoms with Gasteiger partial charge in [0.25, 0.3) is 0 Å². The first-order valence-corrected chi connectivity index (χ1v) is 9.50. The Morgan fingerprint density at radius 1 is 1.07 bits per heavy atom. The predicted octanol–water partition coefficient (Wildman–Crippen LogP) is 3.99. The number of benzene rings is 1. The minimum atomic E-state index is 0.243. The molecule has 28 heavy (non-hydrogen) atoms. The fourth-order valence-electron chi connectivity index (χ4n) is 2.98. The van der Waals surface area contributed by atoms with Crippen LogP contribution in [-0.4, -0.2) is 31.9 Å². The Kier molecular flexibility index (Phi) is 4.10. The number of pyridine rings is 1. The Hall–Kier alpha value is -3.52.